The lowest BCUT2D eigenvalue weighted by molar-refractivity contribution is -0.135. The van der Waals surface area contributed by atoms with Crippen LogP contribution in [0.15, 0.2) is 17.5 Å². The number of amides is 1. The van der Waals surface area contributed by atoms with E-state index in [4.69, 9.17) is 0 Å². The van der Waals surface area contributed by atoms with Crippen LogP contribution in [0.3, 0.4) is 0 Å². The van der Waals surface area contributed by atoms with Crippen LogP contribution in [0.4, 0.5) is 0 Å². The SMILES string of the molecule is C[C@@H]1CNCCN1CC(=O)N(Cc1cccs1)C1CCS(=O)(=O)C1. The van der Waals surface area contributed by atoms with Gasteiger partial charge in [0.1, 0.15) is 0 Å². The van der Waals surface area contributed by atoms with Gasteiger partial charge in [-0.25, -0.2) is 8.42 Å². The summed E-state index contributed by atoms with van der Waals surface area (Å²) < 4.78 is 23.7. The highest BCUT2D eigenvalue weighted by Crippen LogP contribution is 2.22. The van der Waals surface area contributed by atoms with E-state index in [1.165, 1.54) is 0 Å². The van der Waals surface area contributed by atoms with Crippen LogP contribution in [-0.2, 0) is 21.2 Å². The minimum atomic E-state index is -3.01. The molecule has 1 aromatic heterocycles. The summed E-state index contributed by atoms with van der Waals surface area (Å²) in [5.74, 6) is 0.330. The summed E-state index contributed by atoms with van der Waals surface area (Å²) in [6.45, 7) is 5.62. The van der Waals surface area contributed by atoms with Gasteiger partial charge in [-0.15, -0.1) is 11.3 Å². The van der Waals surface area contributed by atoms with E-state index in [1.54, 1.807) is 16.2 Å². The van der Waals surface area contributed by atoms with Crippen molar-refractivity contribution in [1.29, 1.82) is 0 Å². The third kappa shape index (κ3) is 4.36. The van der Waals surface area contributed by atoms with Gasteiger partial charge < -0.3 is 10.2 Å². The Kier molecular flexibility index (Phi) is 5.59. The summed E-state index contributed by atoms with van der Waals surface area (Å²) in [7, 11) is -3.01. The van der Waals surface area contributed by atoms with E-state index in [0.717, 1.165) is 24.5 Å². The molecule has 2 atom stereocenters. The Bertz CT molecular complexity index is 660. The van der Waals surface area contributed by atoms with E-state index in [-0.39, 0.29) is 23.5 Å². The summed E-state index contributed by atoms with van der Waals surface area (Å²) in [6, 6.07) is 4.09. The Morgan fingerprint density at radius 3 is 2.96 bits per heavy atom. The molecule has 134 valence electrons. The first-order chi connectivity index (χ1) is 11.4. The molecule has 1 unspecified atom stereocenters. The van der Waals surface area contributed by atoms with Gasteiger partial charge in [-0.1, -0.05) is 6.07 Å². The van der Waals surface area contributed by atoms with E-state index in [9.17, 15) is 13.2 Å². The van der Waals surface area contributed by atoms with Crippen LogP contribution in [0, 0.1) is 0 Å². The van der Waals surface area contributed by atoms with Gasteiger partial charge in [0.15, 0.2) is 9.84 Å². The minimum absolute atomic E-state index is 0.0410. The largest absolute Gasteiger partial charge is 0.332 e. The predicted octanol–water partition coefficient (Wildman–Crippen LogP) is 0.558. The second kappa shape index (κ2) is 7.51. The molecule has 1 N–H and O–H groups in total. The molecule has 2 saturated heterocycles. The van der Waals surface area contributed by atoms with E-state index in [1.807, 2.05) is 17.5 Å². The highest BCUT2D eigenvalue weighted by Gasteiger charge is 2.35. The van der Waals surface area contributed by atoms with Crippen molar-refractivity contribution < 1.29 is 13.2 Å². The second-order valence-electron chi connectivity index (χ2n) is 6.68. The van der Waals surface area contributed by atoms with Crippen LogP contribution < -0.4 is 5.32 Å². The maximum atomic E-state index is 13.0. The first kappa shape index (κ1) is 17.8. The lowest BCUT2D eigenvalue weighted by Gasteiger charge is -2.36. The third-order valence-electron chi connectivity index (χ3n) is 4.85. The van der Waals surface area contributed by atoms with Crippen molar-refractivity contribution in [1.82, 2.24) is 15.1 Å². The number of rotatable bonds is 5. The summed E-state index contributed by atoms with van der Waals surface area (Å²) in [4.78, 5) is 18.0. The number of nitrogens with one attached hydrogen (secondary N) is 1. The van der Waals surface area contributed by atoms with Gasteiger partial charge in [0.2, 0.25) is 5.91 Å². The molecule has 0 saturated carbocycles. The maximum Gasteiger partial charge on any atom is 0.237 e. The average Bonchev–Trinajstić information content (AvgIpc) is 3.16. The zero-order chi connectivity index (χ0) is 17.2. The fourth-order valence-electron chi connectivity index (χ4n) is 3.40. The van der Waals surface area contributed by atoms with Crippen molar-refractivity contribution in [2.24, 2.45) is 0 Å². The number of hydrogen-bond acceptors (Lipinski definition) is 6. The molecule has 6 nitrogen and oxygen atoms in total. The maximum absolute atomic E-state index is 13.0. The predicted molar refractivity (Wildman–Crippen MR) is 95.8 cm³/mol. The molecule has 0 radical (unpaired) electrons. The third-order valence-corrected chi connectivity index (χ3v) is 7.46. The fraction of sp³-hybridized carbons (Fsp3) is 0.688. The Morgan fingerprint density at radius 1 is 1.50 bits per heavy atom. The van der Waals surface area contributed by atoms with Gasteiger partial charge >= 0.3 is 0 Å². The van der Waals surface area contributed by atoms with Gasteiger partial charge in [-0.3, -0.25) is 9.69 Å². The number of thiophene rings is 1. The molecule has 2 fully saturated rings. The molecule has 2 aliphatic heterocycles. The quantitative estimate of drug-likeness (QED) is 0.819. The lowest BCUT2D eigenvalue weighted by atomic mass is 10.2. The summed E-state index contributed by atoms with van der Waals surface area (Å²) in [6.07, 6.45) is 0.552. The molecule has 24 heavy (non-hydrogen) atoms. The van der Waals surface area contributed by atoms with Gasteiger partial charge in [0.05, 0.1) is 24.6 Å². The first-order valence-electron chi connectivity index (χ1n) is 8.41. The number of carbonyl (C=O) groups is 1. The molecule has 3 rings (SSSR count). The van der Waals surface area contributed by atoms with Crippen LogP contribution in [0.1, 0.15) is 18.2 Å². The number of nitrogens with zero attached hydrogens (tertiary/aromatic N) is 2. The summed E-state index contributed by atoms with van der Waals surface area (Å²) >= 11 is 1.61. The molecule has 1 amide bonds. The van der Waals surface area contributed by atoms with Crippen LogP contribution in [0.2, 0.25) is 0 Å². The summed E-state index contributed by atoms with van der Waals surface area (Å²) in [5, 5.41) is 5.31. The molecule has 1 aromatic rings. The van der Waals surface area contributed by atoms with Crippen molar-refractivity contribution in [3.8, 4) is 0 Å². The monoisotopic (exact) mass is 371 g/mol. The van der Waals surface area contributed by atoms with Crippen LogP contribution in [0.5, 0.6) is 0 Å². The van der Waals surface area contributed by atoms with Crippen LogP contribution in [-0.4, -0.2) is 73.9 Å². The summed E-state index contributed by atoms with van der Waals surface area (Å²) in [5.41, 5.74) is 0. The number of sulfone groups is 1. The molecular weight excluding hydrogens is 346 g/mol. The minimum Gasteiger partial charge on any atom is -0.332 e. The van der Waals surface area contributed by atoms with Gasteiger partial charge in [0, 0.05) is 36.6 Å². The molecule has 0 spiro atoms. The number of carbonyl (C=O) groups excluding carboxylic acids is 1. The van der Waals surface area contributed by atoms with Crippen LogP contribution in [0.25, 0.3) is 0 Å². The van der Waals surface area contributed by atoms with E-state index >= 15 is 0 Å². The number of piperazine rings is 1. The molecule has 0 aliphatic carbocycles. The van der Waals surface area contributed by atoms with Crippen molar-refractivity contribution in [2.75, 3.05) is 37.7 Å². The molecular formula is C16H25N3O3S2. The lowest BCUT2D eigenvalue weighted by Crippen LogP contribution is -2.54. The van der Waals surface area contributed by atoms with Crippen LogP contribution >= 0.6 is 11.3 Å². The van der Waals surface area contributed by atoms with E-state index < -0.39 is 9.84 Å². The Morgan fingerprint density at radius 2 is 2.33 bits per heavy atom. The normalized spacial score (nSPS) is 27.2. The Balaban J connectivity index is 1.72. The number of hydrogen-bond donors (Lipinski definition) is 1. The average molecular weight is 372 g/mol. The highest BCUT2D eigenvalue weighted by atomic mass is 32.2. The van der Waals surface area contributed by atoms with E-state index in [0.29, 0.717) is 25.6 Å². The van der Waals surface area contributed by atoms with Gasteiger partial charge in [-0.05, 0) is 24.8 Å². The Hall–Kier alpha value is -0.960. The standard InChI is InChI=1S/C16H25N3O3S2/c1-13-9-17-5-6-18(13)11-16(20)19(10-15-3-2-7-23-15)14-4-8-24(21,22)12-14/h2-3,7,13-14,17H,4-6,8-12H2,1H3/t13-,14?/m1/s1. The molecule has 2 aliphatic rings. The fourth-order valence-corrected chi connectivity index (χ4v) is 5.83. The molecule has 3 heterocycles. The molecule has 8 heteroatoms. The van der Waals surface area contributed by atoms with Crippen molar-refractivity contribution in [3.63, 3.8) is 0 Å². The van der Waals surface area contributed by atoms with Crippen molar-refractivity contribution >= 4 is 27.1 Å². The highest BCUT2D eigenvalue weighted by molar-refractivity contribution is 7.91. The van der Waals surface area contributed by atoms with Gasteiger partial charge in [-0.2, -0.15) is 0 Å². The zero-order valence-electron chi connectivity index (χ0n) is 14.0. The zero-order valence-corrected chi connectivity index (χ0v) is 15.6. The smallest absolute Gasteiger partial charge is 0.237 e. The topological polar surface area (TPSA) is 69.7 Å². The van der Waals surface area contributed by atoms with Crippen molar-refractivity contribution in [3.05, 3.63) is 22.4 Å². The van der Waals surface area contributed by atoms with E-state index in [2.05, 4.69) is 17.1 Å². The molecule has 0 bridgehead atoms. The molecule has 0 aromatic carbocycles. The van der Waals surface area contributed by atoms with Gasteiger partial charge in [0.25, 0.3) is 0 Å². The first-order valence-corrected chi connectivity index (χ1v) is 11.1. The van der Waals surface area contributed by atoms with Crippen molar-refractivity contribution in [2.45, 2.75) is 32.0 Å². The Labute approximate surface area is 147 Å². The second-order valence-corrected chi connectivity index (χ2v) is 9.94.